The second-order valence-corrected chi connectivity index (χ2v) is 8.54. The lowest BCUT2D eigenvalue weighted by Crippen LogP contribution is -2.40. The third-order valence-corrected chi connectivity index (χ3v) is 5.74. The molecular weight excluding hydrogens is 504 g/mol. The topological polar surface area (TPSA) is 122 Å². The van der Waals surface area contributed by atoms with Gasteiger partial charge >= 0.3 is 6.03 Å². The van der Waals surface area contributed by atoms with Gasteiger partial charge in [0.05, 0.1) is 12.2 Å². The van der Waals surface area contributed by atoms with Crippen molar-refractivity contribution in [3.63, 3.8) is 0 Å². The van der Waals surface area contributed by atoms with Gasteiger partial charge in [-0.1, -0.05) is 39.7 Å². The van der Waals surface area contributed by atoms with Gasteiger partial charge in [0.15, 0.2) is 0 Å². The standard InChI is InChI=1S/C21H22BrClN4O5/c22-14-3-1-13(2-4-14)12-26-17(9-10-18(28)24-11-19(29)25-32)20(30)27(21(26)31)16-7-5-15(23)6-8-16/h1-8,17,19,25,29,32H,9-12H2,(H,24,28). The molecule has 0 radical (unpaired) electrons. The molecule has 0 aliphatic carbocycles. The smallest absolute Gasteiger partial charge is 0.332 e. The summed E-state index contributed by atoms with van der Waals surface area (Å²) in [7, 11) is 0. The third kappa shape index (κ3) is 5.84. The maximum Gasteiger partial charge on any atom is 0.332 e. The Morgan fingerprint density at radius 2 is 1.78 bits per heavy atom. The maximum atomic E-state index is 13.2. The molecule has 0 spiro atoms. The first kappa shape index (κ1) is 24.1. The minimum atomic E-state index is -1.30. The van der Waals surface area contributed by atoms with Crippen LogP contribution in [0.5, 0.6) is 0 Å². The lowest BCUT2D eigenvalue weighted by Gasteiger charge is -2.22. The van der Waals surface area contributed by atoms with Gasteiger partial charge in [-0.3, -0.25) is 9.59 Å². The number of benzene rings is 2. The van der Waals surface area contributed by atoms with Gasteiger partial charge < -0.3 is 20.5 Å². The molecule has 9 nitrogen and oxygen atoms in total. The molecule has 1 saturated heterocycles. The number of aliphatic hydroxyl groups is 1. The second-order valence-electron chi connectivity index (χ2n) is 7.19. The third-order valence-electron chi connectivity index (χ3n) is 4.96. The summed E-state index contributed by atoms with van der Waals surface area (Å²) >= 11 is 9.30. The van der Waals surface area contributed by atoms with Crippen LogP contribution in [0.1, 0.15) is 18.4 Å². The summed E-state index contributed by atoms with van der Waals surface area (Å²) in [6.45, 7) is -0.00619. The Balaban J connectivity index is 1.78. The molecule has 2 atom stereocenters. The van der Waals surface area contributed by atoms with Crippen LogP contribution in [0.4, 0.5) is 10.5 Å². The first-order valence-electron chi connectivity index (χ1n) is 9.79. The number of hydroxylamine groups is 1. The molecule has 1 aliphatic rings. The van der Waals surface area contributed by atoms with E-state index in [2.05, 4.69) is 21.2 Å². The molecule has 2 aromatic rings. The number of imide groups is 1. The van der Waals surface area contributed by atoms with Crippen molar-refractivity contribution in [1.29, 1.82) is 0 Å². The van der Waals surface area contributed by atoms with Crippen LogP contribution < -0.4 is 15.7 Å². The zero-order valence-corrected chi connectivity index (χ0v) is 19.2. The normalized spacial score (nSPS) is 17.1. The zero-order valence-electron chi connectivity index (χ0n) is 16.9. The van der Waals surface area contributed by atoms with Crippen LogP contribution in [-0.4, -0.2) is 51.9 Å². The monoisotopic (exact) mass is 524 g/mol. The summed E-state index contributed by atoms with van der Waals surface area (Å²) in [6, 6.07) is 12.4. The van der Waals surface area contributed by atoms with E-state index in [0.717, 1.165) is 14.9 Å². The fraction of sp³-hybridized carbons (Fsp3) is 0.286. The highest BCUT2D eigenvalue weighted by Crippen LogP contribution is 2.30. The van der Waals surface area contributed by atoms with Crippen molar-refractivity contribution < 1.29 is 24.7 Å². The predicted octanol–water partition coefficient (Wildman–Crippen LogP) is 2.63. The molecule has 0 bridgehead atoms. The average molecular weight is 526 g/mol. The van der Waals surface area contributed by atoms with E-state index in [1.54, 1.807) is 29.7 Å². The number of carbonyl (C=O) groups is 3. The summed E-state index contributed by atoms with van der Waals surface area (Å²) in [5.74, 6) is -0.854. The summed E-state index contributed by atoms with van der Waals surface area (Å²) in [5.41, 5.74) is 2.84. The van der Waals surface area contributed by atoms with Crippen LogP contribution in [0.25, 0.3) is 0 Å². The van der Waals surface area contributed by atoms with E-state index in [-0.39, 0.29) is 25.9 Å². The van der Waals surface area contributed by atoms with Crippen molar-refractivity contribution >= 4 is 51.1 Å². The number of hydrogen-bond acceptors (Lipinski definition) is 6. The van der Waals surface area contributed by atoms with E-state index in [9.17, 15) is 19.5 Å². The fourth-order valence-corrected chi connectivity index (χ4v) is 3.71. The van der Waals surface area contributed by atoms with Crippen molar-refractivity contribution in [3.05, 3.63) is 63.6 Å². The zero-order chi connectivity index (χ0) is 23.3. The van der Waals surface area contributed by atoms with Gasteiger partial charge in [0.2, 0.25) is 5.91 Å². The number of anilines is 1. The first-order chi connectivity index (χ1) is 15.3. The molecule has 32 heavy (non-hydrogen) atoms. The molecule has 1 aliphatic heterocycles. The fourth-order valence-electron chi connectivity index (χ4n) is 3.32. The summed E-state index contributed by atoms with van der Waals surface area (Å²) in [4.78, 5) is 41.0. The Morgan fingerprint density at radius 1 is 1.12 bits per heavy atom. The molecule has 0 aromatic heterocycles. The Bertz CT molecular complexity index is 973. The number of halogens is 2. The number of rotatable bonds is 9. The molecule has 3 rings (SSSR count). The lowest BCUT2D eigenvalue weighted by atomic mass is 10.1. The minimum absolute atomic E-state index is 0.0485. The van der Waals surface area contributed by atoms with E-state index < -0.39 is 30.1 Å². The van der Waals surface area contributed by atoms with Crippen LogP contribution in [0, 0.1) is 0 Å². The van der Waals surface area contributed by atoms with Crippen molar-refractivity contribution in [2.45, 2.75) is 31.7 Å². The van der Waals surface area contributed by atoms with Gasteiger partial charge in [-0.15, -0.1) is 0 Å². The average Bonchev–Trinajstić information content (AvgIpc) is 3.01. The molecule has 4 amide bonds. The number of nitrogens with one attached hydrogen (secondary N) is 2. The summed E-state index contributed by atoms with van der Waals surface area (Å²) in [5, 5.41) is 20.8. The quantitative estimate of drug-likeness (QED) is 0.227. The summed E-state index contributed by atoms with van der Waals surface area (Å²) in [6.07, 6.45) is -1.25. The van der Waals surface area contributed by atoms with Gasteiger partial charge in [0.1, 0.15) is 12.3 Å². The van der Waals surface area contributed by atoms with E-state index in [4.69, 9.17) is 16.8 Å². The molecule has 11 heteroatoms. The molecular formula is C21H22BrClN4O5. The molecule has 4 N–H and O–H groups in total. The van der Waals surface area contributed by atoms with Crippen molar-refractivity contribution in [2.75, 3.05) is 11.4 Å². The van der Waals surface area contributed by atoms with Crippen LogP contribution in [0.2, 0.25) is 5.02 Å². The van der Waals surface area contributed by atoms with E-state index in [1.807, 2.05) is 24.3 Å². The number of hydrogen-bond donors (Lipinski definition) is 4. The predicted molar refractivity (Wildman–Crippen MR) is 121 cm³/mol. The van der Waals surface area contributed by atoms with Crippen LogP contribution >= 0.6 is 27.5 Å². The highest BCUT2D eigenvalue weighted by atomic mass is 79.9. The Hall–Kier alpha value is -2.50. The van der Waals surface area contributed by atoms with Gasteiger partial charge in [-0.2, -0.15) is 5.48 Å². The second kappa shape index (κ2) is 10.9. The van der Waals surface area contributed by atoms with Crippen molar-refractivity contribution in [1.82, 2.24) is 15.7 Å². The van der Waals surface area contributed by atoms with Crippen molar-refractivity contribution in [3.8, 4) is 0 Å². The van der Waals surface area contributed by atoms with Gasteiger partial charge in [-0.25, -0.2) is 9.69 Å². The summed E-state index contributed by atoms with van der Waals surface area (Å²) < 4.78 is 0.889. The number of amides is 4. The van der Waals surface area contributed by atoms with Crippen LogP contribution in [0.15, 0.2) is 53.0 Å². The molecule has 2 aromatic carbocycles. The van der Waals surface area contributed by atoms with Gasteiger partial charge in [-0.05, 0) is 48.4 Å². The van der Waals surface area contributed by atoms with Crippen molar-refractivity contribution in [2.24, 2.45) is 0 Å². The number of aliphatic hydroxyl groups excluding tert-OH is 1. The number of carbonyl (C=O) groups excluding carboxylic acids is 3. The SMILES string of the molecule is O=C(CCC1C(=O)N(c2ccc(Cl)cc2)C(=O)N1Cc1ccc(Br)cc1)NCC(O)NO. The van der Waals surface area contributed by atoms with Gasteiger partial charge in [0, 0.05) is 22.5 Å². The molecule has 2 unspecified atom stereocenters. The lowest BCUT2D eigenvalue weighted by molar-refractivity contribution is -0.123. The first-order valence-corrected chi connectivity index (χ1v) is 11.0. The van der Waals surface area contributed by atoms with E-state index in [1.165, 1.54) is 4.90 Å². The largest absolute Gasteiger partial charge is 0.375 e. The highest BCUT2D eigenvalue weighted by Gasteiger charge is 2.45. The molecule has 1 fully saturated rings. The number of nitrogens with zero attached hydrogens (tertiary/aromatic N) is 2. The molecule has 0 saturated carbocycles. The minimum Gasteiger partial charge on any atom is -0.375 e. The molecule has 1 heterocycles. The Kier molecular flexibility index (Phi) is 8.21. The van der Waals surface area contributed by atoms with E-state index in [0.29, 0.717) is 10.7 Å². The highest BCUT2D eigenvalue weighted by molar-refractivity contribution is 9.10. The van der Waals surface area contributed by atoms with Crippen LogP contribution in [-0.2, 0) is 16.1 Å². The van der Waals surface area contributed by atoms with E-state index >= 15 is 0 Å². The van der Waals surface area contributed by atoms with Gasteiger partial charge in [0.25, 0.3) is 5.91 Å². The number of urea groups is 1. The van der Waals surface area contributed by atoms with Crippen LogP contribution in [0.3, 0.4) is 0 Å². The maximum absolute atomic E-state index is 13.2. The Labute approximate surface area is 198 Å². The Morgan fingerprint density at radius 3 is 2.41 bits per heavy atom. The molecule has 170 valence electrons.